The Balaban J connectivity index is 1.25. The number of hydrogen-bond acceptors (Lipinski definition) is 5. The molecule has 1 saturated heterocycles. The monoisotopic (exact) mass is 390 g/mol. The molecule has 27 heavy (non-hydrogen) atoms. The van der Waals surface area contributed by atoms with Crippen molar-refractivity contribution in [1.82, 2.24) is 20.0 Å². The van der Waals surface area contributed by atoms with Gasteiger partial charge in [0, 0.05) is 43.6 Å². The van der Waals surface area contributed by atoms with Crippen molar-refractivity contribution in [2.24, 2.45) is 0 Å². The molecule has 4 rings (SSSR count). The second-order valence-corrected chi connectivity index (χ2v) is 8.96. The average molecular weight is 391 g/mol. The van der Waals surface area contributed by atoms with Crippen LogP contribution in [0.5, 0.6) is 0 Å². The van der Waals surface area contributed by atoms with Crippen molar-refractivity contribution in [2.45, 2.75) is 44.7 Å². The van der Waals surface area contributed by atoms with Crippen molar-refractivity contribution in [1.29, 1.82) is 0 Å². The lowest BCUT2D eigenvalue weighted by Crippen LogP contribution is -2.52. The SMILES string of the molecule is CCC1c2ccsc2CCN1C(=O)CN1CCN(CC(=O)NC2CC2)CC1. The van der Waals surface area contributed by atoms with Crippen LogP contribution in [-0.2, 0) is 16.0 Å². The van der Waals surface area contributed by atoms with E-state index in [4.69, 9.17) is 0 Å². The zero-order valence-electron chi connectivity index (χ0n) is 16.2. The lowest BCUT2D eigenvalue weighted by atomic mass is 9.97. The van der Waals surface area contributed by atoms with E-state index in [1.165, 1.54) is 10.4 Å². The number of fused-ring (bicyclic) bond motifs is 1. The van der Waals surface area contributed by atoms with E-state index in [-0.39, 0.29) is 17.9 Å². The zero-order chi connectivity index (χ0) is 18.8. The molecule has 3 heterocycles. The number of nitrogens with zero attached hydrogens (tertiary/aromatic N) is 3. The highest BCUT2D eigenvalue weighted by molar-refractivity contribution is 7.10. The Hall–Kier alpha value is -1.44. The molecule has 1 aliphatic carbocycles. The predicted molar refractivity (Wildman–Crippen MR) is 107 cm³/mol. The molecule has 1 unspecified atom stereocenters. The van der Waals surface area contributed by atoms with Gasteiger partial charge in [-0.25, -0.2) is 0 Å². The standard InChI is InChI=1S/C20H30N4O2S/c1-2-17-16-6-12-27-18(16)5-7-24(17)20(26)14-23-10-8-22(9-11-23)13-19(25)21-15-3-4-15/h6,12,15,17H,2-5,7-11,13-14H2,1H3,(H,21,25). The van der Waals surface area contributed by atoms with E-state index in [0.717, 1.165) is 58.4 Å². The van der Waals surface area contributed by atoms with E-state index in [9.17, 15) is 9.59 Å². The van der Waals surface area contributed by atoms with E-state index < -0.39 is 0 Å². The number of nitrogens with one attached hydrogen (secondary N) is 1. The van der Waals surface area contributed by atoms with Crippen molar-refractivity contribution >= 4 is 23.2 Å². The maximum absolute atomic E-state index is 13.0. The van der Waals surface area contributed by atoms with E-state index in [0.29, 0.717) is 19.1 Å². The van der Waals surface area contributed by atoms with Gasteiger partial charge in [0.15, 0.2) is 0 Å². The normalized spacial score (nSPS) is 23.9. The number of amides is 2. The largest absolute Gasteiger partial charge is 0.352 e. The van der Waals surface area contributed by atoms with Gasteiger partial charge >= 0.3 is 0 Å². The molecule has 0 spiro atoms. The first-order valence-electron chi connectivity index (χ1n) is 10.2. The summed E-state index contributed by atoms with van der Waals surface area (Å²) in [7, 11) is 0. The van der Waals surface area contributed by atoms with Crippen LogP contribution in [0.1, 0.15) is 42.7 Å². The maximum Gasteiger partial charge on any atom is 0.237 e. The molecule has 7 heteroatoms. The molecule has 2 aliphatic heterocycles. The Morgan fingerprint density at radius 3 is 2.48 bits per heavy atom. The van der Waals surface area contributed by atoms with Crippen LogP contribution in [0.3, 0.4) is 0 Å². The Kier molecular flexibility index (Phi) is 5.80. The summed E-state index contributed by atoms with van der Waals surface area (Å²) in [4.78, 5) is 32.9. The van der Waals surface area contributed by atoms with Gasteiger partial charge in [-0.15, -0.1) is 11.3 Å². The third kappa shape index (κ3) is 4.52. The third-order valence-electron chi connectivity index (χ3n) is 5.94. The van der Waals surface area contributed by atoms with Crippen LogP contribution >= 0.6 is 11.3 Å². The number of hydrogen-bond donors (Lipinski definition) is 1. The van der Waals surface area contributed by atoms with Gasteiger partial charge in [0.2, 0.25) is 11.8 Å². The van der Waals surface area contributed by atoms with Crippen LogP contribution in [0.2, 0.25) is 0 Å². The average Bonchev–Trinajstić information content (AvgIpc) is 3.34. The molecule has 0 bridgehead atoms. The minimum Gasteiger partial charge on any atom is -0.352 e. The first-order valence-corrected chi connectivity index (χ1v) is 11.1. The minimum absolute atomic E-state index is 0.146. The highest BCUT2D eigenvalue weighted by Gasteiger charge is 2.32. The van der Waals surface area contributed by atoms with Crippen molar-refractivity contribution in [3.63, 3.8) is 0 Å². The van der Waals surface area contributed by atoms with E-state index in [1.807, 2.05) is 11.3 Å². The van der Waals surface area contributed by atoms with E-state index >= 15 is 0 Å². The van der Waals surface area contributed by atoms with E-state index in [1.54, 1.807) is 0 Å². The Labute approximate surface area is 165 Å². The number of thiophene rings is 1. The minimum atomic E-state index is 0.146. The number of rotatable bonds is 6. The van der Waals surface area contributed by atoms with Crippen molar-refractivity contribution in [3.8, 4) is 0 Å². The van der Waals surface area contributed by atoms with Crippen LogP contribution in [0, 0.1) is 0 Å². The van der Waals surface area contributed by atoms with E-state index in [2.05, 4.69) is 38.4 Å². The fourth-order valence-electron chi connectivity index (χ4n) is 4.23. The van der Waals surface area contributed by atoms with Crippen molar-refractivity contribution in [2.75, 3.05) is 45.8 Å². The molecule has 3 aliphatic rings. The van der Waals surface area contributed by atoms with Gasteiger partial charge in [-0.3, -0.25) is 19.4 Å². The highest BCUT2D eigenvalue weighted by Crippen LogP contribution is 2.35. The number of carbonyl (C=O) groups is 2. The summed E-state index contributed by atoms with van der Waals surface area (Å²) in [6.07, 6.45) is 4.21. The molecule has 6 nitrogen and oxygen atoms in total. The predicted octanol–water partition coefficient (Wildman–Crippen LogP) is 1.48. The van der Waals surface area contributed by atoms with Crippen molar-refractivity contribution in [3.05, 3.63) is 21.9 Å². The fraction of sp³-hybridized carbons (Fsp3) is 0.700. The molecule has 1 saturated carbocycles. The molecule has 1 aromatic rings. The molecule has 1 N–H and O–H groups in total. The molecule has 0 aromatic carbocycles. The second kappa shape index (κ2) is 8.29. The Bertz CT molecular complexity index is 679. The van der Waals surface area contributed by atoms with Gasteiger partial charge < -0.3 is 10.2 Å². The quantitative estimate of drug-likeness (QED) is 0.799. The Morgan fingerprint density at radius 2 is 1.81 bits per heavy atom. The van der Waals surface area contributed by atoms with Gasteiger partial charge in [0.05, 0.1) is 19.1 Å². The highest BCUT2D eigenvalue weighted by atomic mass is 32.1. The molecule has 1 aromatic heterocycles. The van der Waals surface area contributed by atoms with Gasteiger partial charge in [0.1, 0.15) is 0 Å². The van der Waals surface area contributed by atoms with Crippen molar-refractivity contribution < 1.29 is 9.59 Å². The second-order valence-electron chi connectivity index (χ2n) is 7.95. The molecule has 1 atom stereocenters. The summed E-state index contributed by atoms with van der Waals surface area (Å²) in [6, 6.07) is 2.86. The summed E-state index contributed by atoms with van der Waals surface area (Å²) < 4.78 is 0. The van der Waals surface area contributed by atoms with Gasteiger partial charge in [-0.2, -0.15) is 0 Å². The lowest BCUT2D eigenvalue weighted by molar-refractivity contribution is -0.136. The van der Waals surface area contributed by atoms with Gasteiger partial charge in [-0.1, -0.05) is 6.92 Å². The summed E-state index contributed by atoms with van der Waals surface area (Å²) in [5, 5.41) is 5.20. The Morgan fingerprint density at radius 1 is 1.11 bits per heavy atom. The van der Waals surface area contributed by atoms with Crippen LogP contribution in [0.4, 0.5) is 0 Å². The molecule has 0 radical (unpaired) electrons. The molecular formula is C20H30N4O2S. The summed E-state index contributed by atoms with van der Waals surface area (Å²) in [6.45, 7) is 7.43. The van der Waals surface area contributed by atoms with Gasteiger partial charge in [0.25, 0.3) is 0 Å². The van der Waals surface area contributed by atoms with Crippen LogP contribution in [-0.4, -0.2) is 78.4 Å². The smallest absolute Gasteiger partial charge is 0.237 e. The fourth-order valence-corrected chi connectivity index (χ4v) is 5.16. The molecule has 148 valence electrons. The summed E-state index contributed by atoms with van der Waals surface area (Å²) in [5.74, 6) is 0.395. The van der Waals surface area contributed by atoms with Crippen LogP contribution < -0.4 is 5.32 Å². The molecule has 2 amide bonds. The molecule has 2 fully saturated rings. The topological polar surface area (TPSA) is 55.9 Å². The number of carbonyl (C=O) groups excluding carboxylic acids is 2. The summed E-state index contributed by atoms with van der Waals surface area (Å²) in [5.41, 5.74) is 1.36. The maximum atomic E-state index is 13.0. The first-order chi connectivity index (χ1) is 13.1. The number of piperazine rings is 1. The zero-order valence-corrected chi connectivity index (χ0v) is 17.0. The molecular weight excluding hydrogens is 360 g/mol. The van der Waals surface area contributed by atoms with Gasteiger partial charge in [-0.05, 0) is 42.7 Å². The first kappa shape index (κ1) is 18.9. The lowest BCUT2D eigenvalue weighted by Gasteiger charge is -2.38. The van der Waals surface area contributed by atoms with Crippen LogP contribution in [0.25, 0.3) is 0 Å². The summed E-state index contributed by atoms with van der Waals surface area (Å²) >= 11 is 1.82. The third-order valence-corrected chi connectivity index (χ3v) is 6.93. The van der Waals surface area contributed by atoms with Crippen LogP contribution in [0.15, 0.2) is 11.4 Å².